The molecular weight excluding hydrogens is 300 g/mol. The number of amides is 2. The maximum absolute atomic E-state index is 13.1. The molecule has 4 heteroatoms. The predicted molar refractivity (Wildman–Crippen MR) is 94.5 cm³/mol. The molecule has 1 fully saturated rings. The average Bonchev–Trinajstić information content (AvgIpc) is 2.98. The molecule has 0 bridgehead atoms. The lowest BCUT2D eigenvalue weighted by molar-refractivity contribution is -0.134. The summed E-state index contributed by atoms with van der Waals surface area (Å²) >= 11 is 0. The number of nitrogens with zero attached hydrogens (tertiary/aromatic N) is 2. The lowest BCUT2D eigenvalue weighted by Crippen LogP contribution is -2.46. The standard InChI is InChI=1S/C20H22N2O2/c1-2-21(17-11-7-4-8-12-17)20(24)18-13-14-19(23)22(18)15-16-9-5-3-6-10-16/h3-12,18H,2,13-15H2,1H3. The van der Waals surface area contributed by atoms with Crippen LogP contribution in [0.4, 0.5) is 5.69 Å². The number of hydrogen-bond donors (Lipinski definition) is 0. The van der Waals surface area contributed by atoms with Gasteiger partial charge in [0.25, 0.3) is 0 Å². The van der Waals surface area contributed by atoms with Crippen LogP contribution in [0.3, 0.4) is 0 Å². The molecule has 0 radical (unpaired) electrons. The van der Waals surface area contributed by atoms with Gasteiger partial charge in [0.05, 0.1) is 0 Å². The van der Waals surface area contributed by atoms with Gasteiger partial charge in [-0.3, -0.25) is 9.59 Å². The maximum atomic E-state index is 13.1. The summed E-state index contributed by atoms with van der Waals surface area (Å²) in [7, 11) is 0. The molecule has 24 heavy (non-hydrogen) atoms. The van der Waals surface area contributed by atoms with Crippen molar-refractivity contribution < 1.29 is 9.59 Å². The molecular formula is C20H22N2O2. The zero-order valence-corrected chi connectivity index (χ0v) is 13.9. The van der Waals surface area contributed by atoms with Crippen LogP contribution in [0.2, 0.25) is 0 Å². The fourth-order valence-corrected chi connectivity index (χ4v) is 3.22. The highest BCUT2D eigenvalue weighted by Crippen LogP contribution is 2.25. The number of para-hydroxylation sites is 1. The van der Waals surface area contributed by atoms with Crippen molar-refractivity contribution >= 4 is 17.5 Å². The Morgan fingerprint density at radius 2 is 1.71 bits per heavy atom. The molecule has 0 aliphatic carbocycles. The maximum Gasteiger partial charge on any atom is 0.249 e. The van der Waals surface area contributed by atoms with Crippen molar-refractivity contribution in [3.63, 3.8) is 0 Å². The van der Waals surface area contributed by atoms with Gasteiger partial charge in [0.15, 0.2) is 0 Å². The first kappa shape index (κ1) is 16.2. The monoisotopic (exact) mass is 322 g/mol. The summed E-state index contributed by atoms with van der Waals surface area (Å²) in [5.74, 6) is 0.0619. The van der Waals surface area contributed by atoms with E-state index in [0.29, 0.717) is 25.9 Å². The molecule has 1 aliphatic rings. The van der Waals surface area contributed by atoms with Crippen molar-refractivity contribution in [1.82, 2.24) is 4.90 Å². The number of carbonyl (C=O) groups excluding carboxylic acids is 2. The van der Waals surface area contributed by atoms with Gasteiger partial charge < -0.3 is 9.80 Å². The second-order valence-electron chi connectivity index (χ2n) is 5.98. The first-order valence-electron chi connectivity index (χ1n) is 8.40. The first-order chi connectivity index (χ1) is 11.7. The lowest BCUT2D eigenvalue weighted by Gasteiger charge is -2.30. The SMILES string of the molecule is CCN(C(=O)C1CCC(=O)N1Cc1ccccc1)c1ccccc1. The number of hydrogen-bond acceptors (Lipinski definition) is 2. The Kier molecular flexibility index (Phi) is 4.94. The van der Waals surface area contributed by atoms with Gasteiger partial charge in [-0.25, -0.2) is 0 Å². The van der Waals surface area contributed by atoms with Gasteiger partial charge in [0, 0.05) is 25.2 Å². The van der Waals surface area contributed by atoms with E-state index in [1.165, 1.54) is 0 Å². The molecule has 2 amide bonds. The molecule has 4 nitrogen and oxygen atoms in total. The van der Waals surface area contributed by atoms with Gasteiger partial charge >= 0.3 is 0 Å². The van der Waals surface area contributed by atoms with Crippen LogP contribution in [0, 0.1) is 0 Å². The summed E-state index contributed by atoms with van der Waals surface area (Å²) in [6, 6.07) is 19.1. The Bertz CT molecular complexity index is 700. The number of rotatable bonds is 5. The van der Waals surface area contributed by atoms with E-state index < -0.39 is 0 Å². The fourth-order valence-electron chi connectivity index (χ4n) is 3.22. The minimum absolute atomic E-state index is 0.00508. The highest BCUT2D eigenvalue weighted by atomic mass is 16.2. The quantitative estimate of drug-likeness (QED) is 0.848. The van der Waals surface area contributed by atoms with Crippen LogP contribution in [0.5, 0.6) is 0 Å². The molecule has 0 saturated carbocycles. The van der Waals surface area contributed by atoms with Crippen LogP contribution >= 0.6 is 0 Å². The second-order valence-corrected chi connectivity index (χ2v) is 5.98. The molecule has 0 N–H and O–H groups in total. The Morgan fingerprint density at radius 1 is 1.08 bits per heavy atom. The fraction of sp³-hybridized carbons (Fsp3) is 0.300. The Labute approximate surface area is 142 Å². The molecule has 1 unspecified atom stereocenters. The van der Waals surface area contributed by atoms with Crippen LogP contribution in [0.25, 0.3) is 0 Å². The van der Waals surface area contributed by atoms with E-state index in [1.54, 1.807) is 9.80 Å². The predicted octanol–water partition coefficient (Wildman–Crippen LogP) is 3.23. The molecule has 1 saturated heterocycles. The van der Waals surface area contributed by atoms with Crippen LogP contribution in [0.15, 0.2) is 60.7 Å². The van der Waals surface area contributed by atoms with Crippen LogP contribution < -0.4 is 4.90 Å². The van der Waals surface area contributed by atoms with E-state index in [9.17, 15) is 9.59 Å². The van der Waals surface area contributed by atoms with Crippen molar-refractivity contribution in [2.24, 2.45) is 0 Å². The van der Waals surface area contributed by atoms with Crippen molar-refractivity contribution in [3.8, 4) is 0 Å². The van der Waals surface area contributed by atoms with E-state index in [1.807, 2.05) is 67.6 Å². The van der Waals surface area contributed by atoms with Crippen molar-refractivity contribution in [1.29, 1.82) is 0 Å². The summed E-state index contributed by atoms with van der Waals surface area (Å²) in [6.45, 7) is 3.04. The minimum atomic E-state index is -0.377. The zero-order chi connectivity index (χ0) is 16.9. The Morgan fingerprint density at radius 3 is 2.33 bits per heavy atom. The highest BCUT2D eigenvalue weighted by Gasteiger charge is 2.38. The molecule has 2 aromatic rings. The van der Waals surface area contributed by atoms with Gasteiger partial charge in [-0.05, 0) is 31.0 Å². The number of benzene rings is 2. The molecule has 1 aliphatic heterocycles. The highest BCUT2D eigenvalue weighted by molar-refractivity contribution is 6.00. The summed E-state index contributed by atoms with van der Waals surface area (Å²) in [5.41, 5.74) is 1.93. The topological polar surface area (TPSA) is 40.6 Å². The van der Waals surface area contributed by atoms with Crippen LogP contribution in [-0.4, -0.2) is 29.3 Å². The smallest absolute Gasteiger partial charge is 0.249 e. The molecule has 124 valence electrons. The summed E-state index contributed by atoms with van der Waals surface area (Å²) in [4.78, 5) is 28.8. The van der Waals surface area contributed by atoms with E-state index in [-0.39, 0.29) is 17.9 Å². The molecule has 0 spiro atoms. The van der Waals surface area contributed by atoms with Crippen molar-refractivity contribution in [2.75, 3.05) is 11.4 Å². The van der Waals surface area contributed by atoms with Gasteiger partial charge in [0.1, 0.15) is 6.04 Å². The number of anilines is 1. The third kappa shape index (κ3) is 3.32. The second kappa shape index (κ2) is 7.30. The number of carbonyl (C=O) groups is 2. The largest absolute Gasteiger partial charge is 0.326 e. The van der Waals surface area contributed by atoms with Crippen molar-refractivity contribution in [3.05, 3.63) is 66.2 Å². The first-order valence-corrected chi connectivity index (χ1v) is 8.40. The van der Waals surface area contributed by atoms with Gasteiger partial charge in [-0.2, -0.15) is 0 Å². The molecule has 1 heterocycles. The third-order valence-electron chi connectivity index (χ3n) is 4.46. The van der Waals surface area contributed by atoms with Crippen LogP contribution in [-0.2, 0) is 16.1 Å². The van der Waals surface area contributed by atoms with E-state index >= 15 is 0 Å². The molecule has 2 aromatic carbocycles. The number of likely N-dealkylation sites (tertiary alicyclic amines) is 1. The molecule has 1 atom stereocenters. The van der Waals surface area contributed by atoms with E-state index in [2.05, 4.69) is 0 Å². The normalized spacial score (nSPS) is 17.1. The third-order valence-corrected chi connectivity index (χ3v) is 4.46. The van der Waals surface area contributed by atoms with Gasteiger partial charge in [0.2, 0.25) is 11.8 Å². The van der Waals surface area contributed by atoms with Gasteiger partial charge in [-0.1, -0.05) is 48.5 Å². The van der Waals surface area contributed by atoms with Crippen molar-refractivity contribution in [2.45, 2.75) is 32.4 Å². The summed E-state index contributed by atoms with van der Waals surface area (Å²) < 4.78 is 0. The Hall–Kier alpha value is -2.62. The molecule has 3 rings (SSSR count). The number of likely N-dealkylation sites (N-methyl/N-ethyl adjacent to an activating group) is 1. The zero-order valence-electron chi connectivity index (χ0n) is 13.9. The lowest BCUT2D eigenvalue weighted by atomic mass is 10.1. The Balaban J connectivity index is 1.81. The summed E-state index contributed by atoms with van der Waals surface area (Å²) in [5, 5.41) is 0. The van der Waals surface area contributed by atoms with E-state index in [4.69, 9.17) is 0 Å². The van der Waals surface area contributed by atoms with E-state index in [0.717, 1.165) is 11.3 Å². The van der Waals surface area contributed by atoms with Gasteiger partial charge in [-0.15, -0.1) is 0 Å². The average molecular weight is 322 g/mol. The minimum Gasteiger partial charge on any atom is -0.326 e. The molecule has 0 aromatic heterocycles. The van der Waals surface area contributed by atoms with Crippen LogP contribution in [0.1, 0.15) is 25.3 Å². The summed E-state index contributed by atoms with van der Waals surface area (Å²) in [6.07, 6.45) is 1.03.